The molecule has 7 heteroatoms. The van der Waals surface area contributed by atoms with Gasteiger partial charge in [-0.3, -0.25) is 9.59 Å². The number of nitrogens with zero attached hydrogens (tertiary/aromatic N) is 1. The summed E-state index contributed by atoms with van der Waals surface area (Å²) in [5, 5.41) is 0.147. The topological polar surface area (TPSA) is 46.6 Å². The first-order chi connectivity index (χ1) is 14.5. The zero-order chi connectivity index (χ0) is 21.1. The maximum atomic E-state index is 13.7. The highest BCUT2D eigenvalue weighted by molar-refractivity contribution is 8.19. The number of halogens is 2. The van der Waals surface area contributed by atoms with Gasteiger partial charge in [0.15, 0.2) is 0 Å². The zero-order valence-corrected chi connectivity index (χ0v) is 17.1. The first kappa shape index (κ1) is 20.2. The standard InChI is InChI=1S/C23H15ClFNO3S/c24-17-8-10-18(11-9-17)26-22(27)21(30-23(26)28)13-15-4-3-6-19(12-15)29-14-16-5-1-2-7-20(16)25/h1-13H,14H2/b21-13+. The highest BCUT2D eigenvalue weighted by atomic mass is 35.5. The summed E-state index contributed by atoms with van der Waals surface area (Å²) < 4.78 is 19.4. The molecule has 1 saturated heterocycles. The fourth-order valence-electron chi connectivity index (χ4n) is 2.90. The summed E-state index contributed by atoms with van der Waals surface area (Å²) in [4.78, 5) is 26.5. The highest BCUT2D eigenvalue weighted by Crippen LogP contribution is 2.36. The number of hydrogen-bond donors (Lipinski definition) is 0. The summed E-state index contributed by atoms with van der Waals surface area (Å²) >= 11 is 6.75. The summed E-state index contributed by atoms with van der Waals surface area (Å²) in [5.41, 5.74) is 1.61. The smallest absolute Gasteiger partial charge is 0.298 e. The van der Waals surface area contributed by atoms with E-state index in [0.717, 1.165) is 16.7 Å². The lowest BCUT2D eigenvalue weighted by Crippen LogP contribution is -2.27. The van der Waals surface area contributed by atoms with E-state index in [9.17, 15) is 14.0 Å². The second kappa shape index (κ2) is 8.73. The van der Waals surface area contributed by atoms with Gasteiger partial charge in [-0.1, -0.05) is 41.9 Å². The number of carbonyl (C=O) groups is 2. The molecule has 0 unspecified atom stereocenters. The van der Waals surface area contributed by atoms with Crippen LogP contribution in [0.15, 0.2) is 77.7 Å². The lowest BCUT2D eigenvalue weighted by Gasteiger charge is -2.12. The van der Waals surface area contributed by atoms with Crippen LogP contribution in [0.2, 0.25) is 5.02 Å². The molecule has 0 atom stereocenters. The fraction of sp³-hybridized carbons (Fsp3) is 0.0435. The second-order valence-electron chi connectivity index (χ2n) is 6.45. The van der Waals surface area contributed by atoms with Crippen LogP contribution < -0.4 is 9.64 Å². The summed E-state index contributed by atoms with van der Waals surface area (Å²) in [6.45, 7) is 0.0865. The molecular weight excluding hydrogens is 425 g/mol. The van der Waals surface area contributed by atoms with Crippen molar-refractivity contribution >= 4 is 46.3 Å². The SMILES string of the molecule is O=C1S/C(=C/c2cccc(OCc3ccccc3F)c2)C(=O)N1c1ccc(Cl)cc1. The predicted octanol–water partition coefficient (Wildman–Crippen LogP) is 6.30. The Labute approximate surface area is 181 Å². The van der Waals surface area contributed by atoms with Gasteiger partial charge in [-0.15, -0.1) is 0 Å². The van der Waals surface area contributed by atoms with Crippen molar-refractivity contribution in [2.24, 2.45) is 0 Å². The number of amides is 2. The maximum Gasteiger partial charge on any atom is 0.298 e. The molecule has 1 heterocycles. The molecule has 0 aromatic heterocycles. The van der Waals surface area contributed by atoms with E-state index < -0.39 is 5.91 Å². The van der Waals surface area contributed by atoms with E-state index in [2.05, 4.69) is 0 Å². The molecule has 1 aliphatic heterocycles. The lowest BCUT2D eigenvalue weighted by atomic mass is 10.2. The van der Waals surface area contributed by atoms with E-state index in [1.807, 2.05) is 0 Å². The molecule has 1 fully saturated rings. The Morgan fingerprint density at radius 2 is 1.77 bits per heavy atom. The minimum Gasteiger partial charge on any atom is -0.489 e. The van der Waals surface area contributed by atoms with Crippen LogP contribution in [0.5, 0.6) is 5.75 Å². The molecule has 4 rings (SSSR count). The maximum absolute atomic E-state index is 13.7. The van der Waals surface area contributed by atoms with Crippen molar-refractivity contribution in [3.63, 3.8) is 0 Å². The zero-order valence-electron chi connectivity index (χ0n) is 15.5. The van der Waals surface area contributed by atoms with E-state index in [1.165, 1.54) is 6.07 Å². The van der Waals surface area contributed by atoms with Crippen molar-refractivity contribution in [1.29, 1.82) is 0 Å². The molecule has 3 aromatic carbocycles. The van der Waals surface area contributed by atoms with Crippen LogP contribution in [0.4, 0.5) is 14.9 Å². The minimum absolute atomic E-state index is 0.0865. The molecule has 0 bridgehead atoms. The molecule has 0 N–H and O–H groups in total. The molecule has 0 aliphatic carbocycles. The molecule has 150 valence electrons. The normalized spacial score (nSPS) is 15.1. The Hall–Kier alpha value is -3.09. The van der Waals surface area contributed by atoms with Crippen LogP contribution >= 0.6 is 23.4 Å². The van der Waals surface area contributed by atoms with Gasteiger partial charge in [0.25, 0.3) is 11.1 Å². The summed E-state index contributed by atoms with van der Waals surface area (Å²) in [5.74, 6) is -0.196. The van der Waals surface area contributed by atoms with Crippen LogP contribution in [0.1, 0.15) is 11.1 Å². The van der Waals surface area contributed by atoms with E-state index >= 15 is 0 Å². The van der Waals surface area contributed by atoms with Crippen LogP contribution in [-0.2, 0) is 11.4 Å². The number of benzene rings is 3. The predicted molar refractivity (Wildman–Crippen MR) is 117 cm³/mol. The molecule has 30 heavy (non-hydrogen) atoms. The third kappa shape index (κ3) is 4.40. The van der Waals surface area contributed by atoms with Gasteiger partial charge < -0.3 is 4.74 Å². The third-order valence-electron chi connectivity index (χ3n) is 4.39. The molecule has 0 spiro atoms. The van der Waals surface area contributed by atoms with Crippen LogP contribution in [-0.4, -0.2) is 11.1 Å². The van der Waals surface area contributed by atoms with Gasteiger partial charge in [0.05, 0.1) is 10.6 Å². The minimum atomic E-state index is -0.398. The molecular formula is C23H15ClFNO3S. The summed E-state index contributed by atoms with van der Waals surface area (Å²) in [6.07, 6.45) is 1.64. The van der Waals surface area contributed by atoms with Crippen molar-refractivity contribution in [1.82, 2.24) is 0 Å². The molecule has 0 saturated carbocycles. The Balaban J connectivity index is 1.51. The average Bonchev–Trinajstić information content (AvgIpc) is 3.01. The van der Waals surface area contributed by atoms with Crippen molar-refractivity contribution in [2.75, 3.05) is 4.90 Å². The van der Waals surface area contributed by atoms with E-state index in [1.54, 1.807) is 72.8 Å². The second-order valence-corrected chi connectivity index (χ2v) is 7.88. The molecule has 0 radical (unpaired) electrons. The Kier molecular flexibility index (Phi) is 5.88. The molecule has 1 aliphatic rings. The van der Waals surface area contributed by atoms with Crippen LogP contribution in [0.3, 0.4) is 0 Å². The number of hydrogen-bond acceptors (Lipinski definition) is 4. The van der Waals surface area contributed by atoms with Gasteiger partial charge in [0.1, 0.15) is 18.2 Å². The van der Waals surface area contributed by atoms with Gasteiger partial charge in [-0.05, 0) is 65.9 Å². The van der Waals surface area contributed by atoms with Crippen LogP contribution in [0, 0.1) is 5.82 Å². The Bertz CT molecular complexity index is 1150. The number of carbonyl (C=O) groups excluding carboxylic acids is 2. The van der Waals surface area contributed by atoms with E-state index in [-0.39, 0.29) is 17.7 Å². The highest BCUT2D eigenvalue weighted by Gasteiger charge is 2.36. The first-order valence-corrected chi connectivity index (χ1v) is 10.2. The number of imide groups is 1. The summed E-state index contributed by atoms with van der Waals surface area (Å²) in [7, 11) is 0. The number of ether oxygens (including phenoxy) is 1. The fourth-order valence-corrected chi connectivity index (χ4v) is 3.87. The van der Waals surface area contributed by atoms with Gasteiger partial charge >= 0.3 is 0 Å². The van der Waals surface area contributed by atoms with Crippen molar-refractivity contribution in [3.8, 4) is 5.75 Å². The summed E-state index contributed by atoms with van der Waals surface area (Å²) in [6, 6.07) is 20.0. The number of anilines is 1. The molecule has 4 nitrogen and oxygen atoms in total. The van der Waals surface area contributed by atoms with Crippen LogP contribution in [0.25, 0.3) is 6.08 Å². The average molecular weight is 440 g/mol. The lowest BCUT2D eigenvalue weighted by molar-refractivity contribution is -0.113. The largest absolute Gasteiger partial charge is 0.489 e. The molecule has 3 aromatic rings. The van der Waals surface area contributed by atoms with E-state index in [0.29, 0.717) is 32.5 Å². The van der Waals surface area contributed by atoms with Gasteiger partial charge in [-0.2, -0.15) is 0 Å². The Morgan fingerprint density at radius 3 is 2.53 bits per heavy atom. The van der Waals surface area contributed by atoms with Gasteiger partial charge in [0, 0.05) is 10.6 Å². The van der Waals surface area contributed by atoms with Crippen molar-refractivity contribution in [3.05, 3.63) is 99.7 Å². The van der Waals surface area contributed by atoms with Gasteiger partial charge in [0.2, 0.25) is 0 Å². The molecule has 2 amide bonds. The van der Waals surface area contributed by atoms with E-state index in [4.69, 9.17) is 16.3 Å². The Morgan fingerprint density at radius 1 is 1.00 bits per heavy atom. The first-order valence-electron chi connectivity index (χ1n) is 9.01. The monoisotopic (exact) mass is 439 g/mol. The quantitative estimate of drug-likeness (QED) is 0.438. The number of thioether (sulfide) groups is 1. The third-order valence-corrected chi connectivity index (χ3v) is 5.51. The van der Waals surface area contributed by atoms with Crippen molar-refractivity contribution in [2.45, 2.75) is 6.61 Å². The van der Waals surface area contributed by atoms with Crippen molar-refractivity contribution < 1.29 is 18.7 Å². The van der Waals surface area contributed by atoms with Gasteiger partial charge in [-0.25, -0.2) is 9.29 Å². The number of rotatable bonds is 5.